The van der Waals surface area contributed by atoms with Crippen LogP contribution < -0.4 is 0 Å². The highest BCUT2D eigenvalue weighted by Gasteiger charge is 1.78. The summed E-state index contributed by atoms with van der Waals surface area (Å²) in [7, 11) is 0. The molecule has 0 aliphatic rings. The van der Waals surface area contributed by atoms with Crippen molar-refractivity contribution in [2.24, 2.45) is 0 Å². The van der Waals surface area contributed by atoms with Gasteiger partial charge in [-0.1, -0.05) is 106 Å². The minimum atomic E-state index is 0. The normalized spacial score (nSPS) is 8.25. The van der Waals surface area contributed by atoms with E-state index < -0.39 is 0 Å². The molecule has 0 aromatic heterocycles. The topological polar surface area (TPSA) is 0 Å². The number of rotatable bonds is 9. The fourth-order valence-electron chi connectivity index (χ4n) is 1.23. The fourth-order valence-corrected chi connectivity index (χ4v) is 1.23. The summed E-state index contributed by atoms with van der Waals surface area (Å²) < 4.78 is 0. The van der Waals surface area contributed by atoms with E-state index in [4.69, 9.17) is 0 Å². The Hall–Kier alpha value is -0.520. The van der Waals surface area contributed by atoms with Gasteiger partial charge in [0.15, 0.2) is 0 Å². The standard InChI is InChI=1S/C10H20.C6H12.C2H6.2CH4/c1-3-5-7-9-10-8-6-4-2;1-3-5-6-4-2;1-2;;/h9-10H,3-8H2,1-2H3;3H,1,4-6H2,2H3;1-2H3;2*1H4/b10-9+;;;;. The van der Waals surface area contributed by atoms with E-state index in [9.17, 15) is 0 Å². The van der Waals surface area contributed by atoms with Gasteiger partial charge in [0, 0.05) is 0 Å². The van der Waals surface area contributed by atoms with E-state index in [0.717, 1.165) is 0 Å². The maximum atomic E-state index is 3.60. The smallest absolute Gasteiger partial charge is 0.0351 e. The Labute approximate surface area is 132 Å². The van der Waals surface area contributed by atoms with Crippen molar-refractivity contribution in [3.8, 4) is 0 Å². The molecule has 0 bridgehead atoms. The van der Waals surface area contributed by atoms with Gasteiger partial charge in [-0.05, 0) is 19.3 Å². The van der Waals surface area contributed by atoms with E-state index >= 15 is 0 Å². The second-order valence-corrected chi connectivity index (χ2v) is 4.19. The minimum absolute atomic E-state index is 0. The lowest BCUT2D eigenvalue weighted by atomic mass is 10.2. The minimum Gasteiger partial charge on any atom is -0.103 e. The summed E-state index contributed by atoms with van der Waals surface area (Å²) in [4.78, 5) is 0. The maximum absolute atomic E-state index is 3.60. The molecular weight excluding hydrogens is 240 g/mol. The third-order valence-electron chi connectivity index (χ3n) is 2.38. The lowest BCUT2D eigenvalue weighted by Gasteiger charge is -1.89. The quantitative estimate of drug-likeness (QED) is 0.294. The van der Waals surface area contributed by atoms with Gasteiger partial charge in [0.1, 0.15) is 0 Å². The van der Waals surface area contributed by atoms with Crippen molar-refractivity contribution in [3.63, 3.8) is 0 Å². The lowest BCUT2D eigenvalue weighted by molar-refractivity contribution is 0.793. The lowest BCUT2D eigenvalue weighted by Crippen LogP contribution is -1.69. The second-order valence-electron chi connectivity index (χ2n) is 4.19. The van der Waals surface area contributed by atoms with Crippen molar-refractivity contribution >= 4 is 0 Å². The summed E-state index contributed by atoms with van der Waals surface area (Å²) in [6, 6.07) is 0. The first kappa shape index (κ1) is 31.7. The molecule has 0 aliphatic carbocycles. The summed E-state index contributed by atoms with van der Waals surface area (Å²) >= 11 is 0. The summed E-state index contributed by atoms with van der Waals surface area (Å²) in [6.45, 7) is 14.3. The van der Waals surface area contributed by atoms with Gasteiger partial charge in [-0.15, -0.1) is 6.58 Å². The van der Waals surface area contributed by atoms with Crippen LogP contribution >= 0.6 is 0 Å². The molecular formula is C20H46. The third kappa shape index (κ3) is 52.8. The van der Waals surface area contributed by atoms with Crippen LogP contribution in [0.2, 0.25) is 0 Å². The maximum Gasteiger partial charge on any atom is -0.0351 e. The van der Waals surface area contributed by atoms with Crippen LogP contribution in [-0.4, -0.2) is 0 Å². The van der Waals surface area contributed by atoms with Gasteiger partial charge in [0.05, 0.1) is 0 Å². The highest BCUT2D eigenvalue weighted by molar-refractivity contribution is 4.80. The Morgan fingerprint density at radius 3 is 1.15 bits per heavy atom. The molecule has 0 aliphatic heterocycles. The van der Waals surface area contributed by atoms with Gasteiger partial charge < -0.3 is 0 Å². The van der Waals surface area contributed by atoms with Crippen LogP contribution in [0.5, 0.6) is 0 Å². The Morgan fingerprint density at radius 1 is 0.650 bits per heavy atom. The molecule has 0 saturated carbocycles. The molecule has 0 rings (SSSR count). The third-order valence-corrected chi connectivity index (χ3v) is 2.38. The van der Waals surface area contributed by atoms with Crippen LogP contribution in [0.1, 0.15) is 107 Å². The first-order valence-electron chi connectivity index (χ1n) is 8.09. The first-order chi connectivity index (χ1) is 8.83. The van der Waals surface area contributed by atoms with Crippen molar-refractivity contribution < 1.29 is 0 Å². The van der Waals surface area contributed by atoms with Gasteiger partial charge in [0.25, 0.3) is 0 Å². The molecule has 0 heteroatoms. The van der Waals surface area contributed by atoms with Crippen LogP contribution in [0.15, 0.2) is 24.8 Å². The van der Waals surface area contributed by atoms with Crippen molar-refractivity contribution in [3.05, 3.63) is 24.8 Å². The average Bonchev–Trinajstić information content (AvgIpc) is 2.43. The van der Waals surface area contributed by atoms with E-state index in [1.807, 2.05) is 19.9 Å². The van der Waals surface area contributed by atoms with E-state index in [1.54, 1.807) is 0 Å². The van der Waals surface area contributed by atoms with Crippen LogP contribution in [0.4, 0.5) is 0 Å². The van der Waals surface area contributed by atoms with Crippen molar-refractivity contribution in [2.75, 3.05) is 0 Å². The predicted octanol–water partition coefficient (Wildman–Crippen LogP) is 8.58. The van der Waals surface area contributed by atoms with Gasteiger partial charge in [-0.25, -0.2) is 0 Å². The molecule has 0 atom stereocenters. The van der Waals surface area contributed by atoms with Gasteiger partial charge in [0.2, 0.25) is 0 Å². The molecule has 0 amide bonds. The zero-order valence-corrected chi connectivity index (χ0v) is 13.8. The van der Waals surface area contributed by atoms with E-state index in [2.05, 4.69) is 39.5 Å². The molecule has 0 saturated heterocycles. The summed E-state index contributed by atoms with van der Waals surface area (Å²) in [5.74, 6) is 0. The molecule has 0 aromatic carbocycles. The van der Waals surface area contributed by atoms with Gasteiger partial charge >= 0.3 is 0 Å². The largest absolute Gasteiger partial charge is 0.103 e. The Bertz CT molecular complexity index is 123. The number of hydrogen-bond donors (Lipinski definition) is 0. The van der Waals surface area contributed by atoms with E-state index in [1.165, 1.54) is 57.8 Å². The molecule has 0 fully saturated rings. The Morgan fingerprint density at radius 2 is 0.950 bits per heavy atom. The van der Waals surface area contributed by atoms with Crippen LogP contribution in [0.25, 0.3) is 0 Å². The molecule has 126 valence electrons. The monoisotopic (exact) mass is 286 g/mol. The number of allylic oxidation sites excluding steroid dienone is 3. The Balaban J connectivity index is -0.0000000656. The summed E-state index contributed by atoms with van der Waals surface area (Å²) in [5.41, 5.74) is 0. The molecule has 0 radical (unpaired) electrons. The van der Waals surface area contributed by atoms with Crippen LogP contribution in [-0.2, 0) is 0 Å². The van der Waals surface area contributed by atoms with E-state index in [-0.39, 0.29) is 14.9 Å². The second kappa shape index (κ2) is 42.8. The fraction of sp³-hybridized carbons (Fsp3) is 0.800. The summed E-state index contributed by atoms with van der Waals surface area (Å²) in [6.07, 6.45) is 18.2. The molecule has 0 aromatic rings. The first-order valence-corrected chi connectivity index (χ1v) is 8.09. The molecule has 0 unspecified atom stereocenters. The number of unbranched alkanes of at least 4 members (excludes halogenated alkanes) is 6. The van der Waals surface area contributed by atoms with Gasteiger partial charge in [-0.2, -0.15) is 0 Å². The van der Waals surface area contributed by atoms with Crippen molar-refractivity contribution in [1.82, 2.24) is 0 Å². The average molecular weight is 287 g/mol. The predicted molar refractivity (Wildman–Crippen MR) is 103 cm³/mol. The highest BCUT2D eigenvalue weighted by atomic mass is 13.9. The van der Waals surface area contributed by atoms with Crippen molar-refractivity contribution in [1.29, 1.82) is 0 Å². The molecule has 20 heavy (non-hydrogen) atoms. The molecule has 0 heterocycles. The molecule has 0 nitrogen and oxygen atoms in total. The summed E-state index contributed by atoms with van der Waals surface area (Å²) in [5, 5.41) is 0. The molecule has 0 spiro atoms. The zero-order valence-electron chi connectivity index (χ0n) is 13.8. The Kier molecular flexibility index (Phi) is 68.0. The highest BCUT2D eigenvalue weighted by Crippen LogP contribution is 1.99. The van der Waals surface area contributed by atoms with E-state index in [0.29, 0.717) is 0 Å². The van der Waals surface area contributed by atoms with Crippen LogP contribution in [0.3, 0.4) is 0 Å². The SMILES string of the molecule is C.C.C=CCCCC.CC.CCCC/C=C/CCCC. The number of hydrogen-bond acceptors (Lipinski definition) is 0. The van der Waals surface area contributed by atoms with Crippen LogP contribution in [0, 0.1) is 0 Å². The van der Waals surface area contributed by atoms with Gasteiger partial charge in [-0.3, -0.25) is 0 Å². The zero-order chi connectivity index (χ0) is 14.5. The van der Waals surface area contributed by atoms with Crippen molar-refractivity contribution in [2.45, 2.75) is 107 Å². The molecule has 0 N–H and O–H groups in total.